The third-order valence-electron chi connectivity index (χ3n) is 1.90. The van der Waals surface area contributed by atoms with Crippen molar-refractivity contribution < 1.29 is 9.59 Å². The van der Waals surface area contributed by atoms with Gasteiger partial charge in [-0.3, -0.25) is 9.59 Å². The Hall–Kier alpha value is -0.570. The predicted molar refractivity (Wildman–Crippen MR) is 45.7 cm³/mol. The Balaban J connectivity index is 2.92. The second kappa shape index (κ2) is 2.81. The van der Waals surface area contributed by atoms with E-state index in [1.54, 1.807) is 6.92 Å². The third-order valence-corrected chi connectivity index (χ3v) is 3.15. The maximum absolute atomic E-state index is 11.2. The van der Waals surface area contributed by atoms with Crippen molar-refractivity contribution in [3.05, 3.63) is 12.2 Å². The summed E-state index contributed by atoms with van der Waals surface area (Å²) >= 11 is 1.44. The van der Waals surface area contributed by atoms with E-state index in [0.29, 0.717) is 6.42 Å². The summed E-state index contributed by atoms with van der Waals surface area (Å²) in [5.74, 6) is 0.0889. The van der Waals surface area contributed by atoms with Gasteiger partial charge in [-0.2, -0.15) is 11.8 Å². The van der Waals surface area contributed by atoms with Crippen LogP contribution in [0.2, 0.25) is 0 Å². The van der Waals surface area contributed by atoms with E-state index in [1.165, 1.54) is 23.9 Å². The Morgan fingerprint density at radius 1 is 1.45 bits per heavy atom. The maximum Gasteiger partial charge on any atom is 0.171 e. The molecule has 0 aromatic heterocycles. The van der Waals surface area contributed by atoms with Crippen LogP contribution < -0.4 is 0 Å². The molecule has 0 heterocycles. The minimum Gasteiger partial charge on any atom is -0.295 e. The molecular formula is C8H10O2S. The number of carbonyl (C=O) groups is 2. The average Bonchev–Trinajstić information content (AvgIpc) is 1.98. The van der Waals surface area contributed by atoms with Gasteiger partial charge in [-0.15, -0.1) is 0 Å². The minimum absolute atomic E-state index is 0.0430. The zero-order chi connectivity index (χ0) is 8.48. The molecule has 0 spiro atoms. The van der Waals surface area contributed by atoms with Gasteiger partial charge >= 0.3 is 0 Å². The van der Waals surface area contributed by atoms with E-state index in [1.807, 2.05) is 6.26 Å². The molecule has 0 saturated carbocycles. The van der Waals surface area contributed by atoms with Crippen LogP contribution in [0, 0.1) is 0 Å². The SMILES string of the molecule is CSC1(C)CC(=O)C=CC1=O. The molecule has 0 aromatic carbocycles. The van der Waals surface area contributed by atoms with E-state index in [4.69, 9.17) is 0 Å². The minimum atomic E-state index is -0.508. The molecule has 1 atom stereocenters. The first kappa shape index (κ1) is 8.53. The Labute approximate surface area is 70.0 Å². The Morgan fingerprint density at radius 2 is 2.09 bits per heavy atom. The van der Waals surface area contributed by atoms with E-state index in [2.05, 4.69) is 0 Å². The second-order valence-electron chi connectivity index (χ2n) is 2.78. The Kier molecular flexibility index (Phi) is 2.18. The Bertz CT molecular complexity index is 232. The maximum atomic E-state index is 11.2. The van der Waals surface area contributed by atoms with Gasteiger partial charge in [-0.1, -0.05) is 0 Å². The highest BCUT2D eigenvalue weighted by atomic mass is 32.2. The first-order valence-corrected chi connectivity index (χ1v) is 4.61. The summed E-state index contributed by atoms with van der Waals surface area (Å²) in [6.07, 6.45) is 4.93. The lowest BCUT2D eigenvalue weighted by molar-refractivity contribution is -0.122. The standard InChI is InChI=1S/C8H10O2S/c1-8(11-2)5-6(9)3-4-7(8)10/h3-4H,5H2,1-2H3. The zero-order valence-electron chi connectivity index (χ0n) is 6.59. The van der Waals surface area contributed by atoms with E-state index < -0.39 is 4.75 Å². The quantitative estimate of drug-likeness (QED) is 0.593. The van der Waals surface area contributed by atoms with Gasteiger partial charge in [0.2, 0.25) is 0 Å². The van der Waals surface area contributed by atoms with Gasteiger partial charge in [0.15, 0.2) is 11.6 Å². The van der Waals surface area contributed by atoms with E-state index in [0.717, 1.165) is 0 Å². The van der Waals surface area contributed by atoms with Gasteiger partial charge < -0.3 is 0 Å². The zero-order valence-corrected chi connectivity index (χ0v) is 7.40. The van der Waals surface area contributed by atoms with Gasteiger partial charge in [-0.05, 0) is 25.3 Å². The van der Waals surface area contributed by atoms with E-state index in [9.17, 15) is 9.59 Å². The van der Waals surface area contributed by atoms with Crippen LogP contribution in [0.5, 0.6) is 0 Å². The average molecular weight is 170 g/mol. The summed E-state index contributed by atoms with van der Waals surface area (Å²) in [5.41, 5.74) is 0. The molecule has 1 aliphatic carbocycles. The summed E-state index contributed by atoms with van der Waals surface area (Å²) in [6.45, 7) is 1.81. The Morgan fingerprint density at radius 3 is 2.55 bits per heavy atom. The summed E-state index contributed by atoms with van der Waals surface area (Å²) in [6, 6.07) is 0. The van der Waals surface area contributed by atoms with Crippen LogP contribution in [0.4, 0.5) is 0 Å². The van der Waals surface area contributed by atoms with Crippen LogP contribution in [-0.4, -0.2) is 22.6 Å². The van der Waals surface area contributed by atoms with Gasteiger partial charge in [0, 0.05) is 6.42 Å². The van der Waals surface area contributed by atoms with Crippen LogP contribution in [0.25, 0.3) is 0 Å². The first-order valence-electron chi connectivity index (χ1n) is 3.39. The highest BCUT2D eigenvalue weighted by molar-refractivity contribution is 8.00. The van der Waals surface area contributed by atoms with Crippen LogP contribution in [0.3, 0.4) is 0 Å². The fourth-order valence-electron chi connectivity index (χ4n) is 0.996. The topological polar surface area (TPSA) is 34.1 Å². The summed E-state index contributed by atoms with van der Waals surface area (Å²) < 4.78 is -0.508. The van der Waals surface area contributed by atoms with Crippen molar-refractivity contribution in [2.75, 3.05) is 6.26 Å². The fourth-order valence-corrected chi connectivity index (χ4v) is 1.55. The van der Waals surface area contributed by atoms with Crippen LogP contribution >= 0.6 is 11.8 Å². The van der Waals surface area contributed by atoms with Crippen LogP contribution in [0.1, 0.15) is 13.3 Å². The highest BCUT2D eigenvalue weighted by Crippen LogP contribution is 2.30. The van der Waals surface area contributed by atoms with Gasteiger partial charge in [0.1, 0.15) is 0 Å². The number of carbonyl (C=O) groups excluding carboxylic acids is 2. The molecule has 1 unspecified atom stereocenters. The van der Waals surface area contributed by atoms with Crippen LogP contribution in [-0.2, 0) is 9.59 Å². The highest BCUT2D eigenvalue weighted by Gasteiger charge is 2.34. The normalized spacial score (nSPS) is 31.1. The van der Waals surface area contributed by atoms with E-state index >= 15 is 0 Å². The number of rotatable bonds is 1. The molecule has 60 valence electrons. The fraction of sp³-hybridized carbons (Fsp3) is 0.500. The summed E-state index contributed by atoms with van der Waals surface area (Å²) in [5, 5.41) is 0. The van der Waals surface area contributed by atoms with E-state index in [-0.39, 0.29) is 11.6 Å². The molecule has 3 heteroatoms. The number of hydrogen-bond acceptors (Lipinski definition) is 3. The molecular weight excluding hydrogens is 160 g/mol. The van der Waals surface area contributed by atoms with Crippen molar-refractivity contribution in [1.82, 2.24) is 0 Å². The lowest BCUT2D eigenvalue weighted by Gasteiger charge is -2.25. The van der Waals surface area contributed by atoms with Crippen molar-refractivity contribution in [1.29, 1.82) is 0 Å². The largest absolute Gasteiger partial charge is 0.295 e. The molecule has 0 radical (unpaired) electrons. The van der Waals surface area contributed by atoms with Crippen LogP contribution in [0.15, 0.2) is 12.2 Å². The molecule has 0 saturated heterocycles. The van der Waals surface area contributed by atoms with Gasteiger partial charge in [0.05, 0.1) is 4.75 Å². The number of thioether (sulfide) groups is 1. The number of hydrogen-bond donors (Lipinski definition) is 0. The molecule has 0 bridgehead atoms. The number of ketones is 2. The molecule has 11 heavy (non-hydrogen) atoms. The molecule has 2 nitrogen and oxygen atoms in total. The smallest absolute Gasteiger partial charge is 0.171 e. The molecule has 0 aliphatic heterocycles. The molecule has 1 aliphatic rings. The molecule has 0 N–H and O–H groups in total. The number of allylic oxidation sites excluding steroid dienone is 2. The van der Waals surface area contributed by atoms with Crippen molar-refractivity contribution in [2.45, 2.75) is 18.1 Å². The molecule has 0 fully saturated rings. The monoisotopic (exact) mass is 170 g/mol. The third kappa shape index (κ3) is 1.53. The summed E-state index contributed by atoms with van der Waals surface area (Å²) in [4.78, 5) is 22.2. The van der Waals surface area contributed by atoms with Crippen molar-refractivity contribution in [3.63, 3.8) is 0 Å². The summed E-state index contributed by atoms with van der Waals surface area (Å²) in [7, 11) is 0. The molecule has 1 rings (SSSR count). The second-order valence-corrected chi connectivity index (χ2v) is 4.08. The van der Waals surface area contributed by atoms with Crippen molar-refractivity contribution >= 4 is 23.3 Å². The molecule has 0 aromatic rings. The van der Waals surface area contributed by atoms with Crippen molar-refractivity contribution in [3.8, 4) is 0 Å². The lowest BCUT2D eigenvalue weighted by atomic mass is 9.93. The molecule has 0 amide bonds. The van der Waals surface area contributed by atoms with Crippen molar-refractivity contribution in [2.24, 2.45) is 0 Å². The van der Waals surface area contributed by atoms with Gasteiger partial charge in [-0.25, -0.2) is 0 Å². The predicted octanol–water partition coefficient (Wildman–Crippen LogP) is 1.21. The lowest BCUT2D eigenvalue weighted by Crippen LogP contribution is -2.35. The first-order chi connectivity index (χ1) is 5.08. The van der Waals surface area contributed by atoms with Gasteiger partial charge in [0.25, 0.3) is 0 Å².